The second kappa shape index (κ2) is 6.10. The maximum Gasteiger partial charge on any atom is 0.137 e. The molecule has 0 saturated heterocycles. The van der Waals surface area contributed by atoms with Gasteiger partial charge in [-0.3, -0.25) is 0 Å². The van der Waals surface area contributed by atoms with E-state index in [0.29, 0.717) is 12.1 Å². The third-order valence-electron chi connectivity index (χ3n) is 6.34. The number of benzene rings is 1. The number of aliphatic hydroxyl groups is 1. The Balaban J connectivity index is 1.27. The SMILES string of the molecule is Cc1cccc(OC[C@H](O)C[NH2+]C23CC4CC(CC(C4)C2)C3)c1. The monoisotopic (exact) mass is 316 g/mol. The van der Waals surface area contributed by atoms with E-state index in [4.69, 9.17) is 4.74 Å². The van der Waals surface area contributed by atoms with Crippen molar-refractivity contribution >= 4 is 0 Å². The molecule has 1 aromatic carbocycles. The van der Waals surface area contributed by atoms with Gasteiger partial charge in [-0.1, -0.05) is 12.1 Å². The van der Waals surface area contributed by atoms with Crippen LogP contribution in [0.4, 0.5) is 0 Å². The van der Waals surface area contributed by atoms with Gasteiger partial charge in [0.2, 0.25) is 0 Å². The molecule has 5 rings (SSSR count). The average Bonchev–Trinajstić information content (AvgIpc) is 2.50. The maximum atomic E-state index is 10.3. The second-order valence-electron chi connectivity index (χ2n) is 8.50. The number of aryl methyl sites for hydroxylation is 1. The molecule has 0 heterocycles. The molecule has 1 atom stereocenters. The van der Waals surface area contributed by atoms with Gasteiger partial charge >= 0.3 is 0 Å². The molecule has 126 valence electrons. The summed E-state index contributed by atoms with van der Waals surface area (Å²) in [5.74, 6) is 3.77. The van der Waals surface area contributed by atoms with Gasteiger partial charge in [0.15, 0.2) is 0 Å². The highest BCUT2D eigenvalue weighted by Crippen LogP contribution is 2.54. The summed E-state index contributed by atoms with van der Waals surface area (Å²) in [5, 5.41) is 12.8. The molecule has 0 aliphatic heterocycles. The molecule has 4 aliphatic carbocycles. The van der Waals surface area contributed by atoms with Gasteiger partial charge in [0, 0.05) is 19.3 Å². The molecule has 4 aliphatic rings. The minimum absolute atomic E-state index is 0.386. The van der Waals surface area contributed by atoms with Crippen LogP contribution in [0.25, 0.3) is 0 Å². The zero-order valence-electron chi connectivity index (χ0n) is 14.2. The van der Waals surface area contributed by atoms with Crippen molar-refractivity contribution in [1.82, 2.24) is 0 Å². The van der Waals surface area contributed by atoms with E-state index in [1.54, 1.807) is 0 Å². The summed E-state index contributed by atoms with van der Waals surface area (Å²) in [6.45, 7) is 3.23. The Labute approximate surface area is 139 Å². The van der Waals surface area contributed by atoms with Crippen LogP contribution in [0.5, 0.6) is 5.75 Å². The van der Waals surface area contributed by atoms with Crippen molar-refractivity contribution in [3.05, 3.63) is 29.8 Å². The Morgan fingerprint density at radius 1 is 1.17 bits per heavy atom. The van der Waals surface area contributed by atoms with Gasteiger partial charge in [-0.05, 0) is 61.6 Å². The Kier molecular flexibility index (Phi) is 4.10. The van der Waals surface area contributed by atoms with Gasteiger partial charge in [-0.2, -0.15) is 0 Å². The van der Waals surface area contributed by atoms with E-state index in [1.807, 2.05) is 18.2 Å². The first-order valence-corrected chi connectivity index (χ1v) is 9.32. The minimum Gasteiger partial charge on any atom is -0.491 e. The van der Waals surface area contributed by atoms with Crippen molar-refractivity contribution < 1.29 is 15.2 Å². The number of ether oxygens (including phenoxy) is 1. The fraction of sp³-hybridized carbons (Fsp3) is 0.700. The standard InChI is InChI=1S/C20H29NO2/c1-14-3-2-4-19(5-14)23-13-18(22)12-21-20-9-15-6-16(10-20)8-17(7-15)11-20/h2-5,15-18,21-22H,6-13H2,1H3/p+1/t15?,16?,17?,18-,20?/m1/s1. The average molecular weight is 316 g/mol. The van der Waals surface area contributed by atoms with E-state index in [2.05, 4.69) is 18.3 Å². The molecule has 0 unspecified atom stereocenters. The molecule has 3 heteroatoms. The Morgan fingerprint density at radius 3 is 2.43 bits per heavy atom. The van der Waals surface area contributed by atoms with Crippen LogP contribution in [-0.2, 0) is 0 Å². The number of aliphatic hydroxyl groups excluding tert-OH is 1. The molecule has 1 aromatic rings. The predicted octanol–water partition coefficient (Wildman–Crippen LogP) is 2.27. The lowest BCUT2D eigenvalue weighted by Gasteiger charge is -2.54. The van der Waals surface area contributed by atoms with Crippen LogP contribution in [0.15, 0.2) is 24.3 Å². The van der Waals surface area contributed by atoms with Gasteiger partial charge in [-0.25, -0.2) is 0 Å². The summed E-state index contributed by atoms with van der Waals surface area (Å²) in [5.41, 5.74) is 1.64. The molecule has 0 radical (unpaired) electrons. The maximum absolute atomic E-state index is 10.3. The van der Waals surface area contributed by atoms with Crippen LogP contribution in [0.2, 0.25) is 0 Å². The number of quaternary nitrogens is 1. The van der Waals surface area contributed by atoms with Crippen LogP contribution < -0.4 is 10.1 Å². The number of hydrogen-bond donors (Lipinski definition) is 2. The lowest BCUT2D eigenvalue weighted by molar-refractivity contribution is -0.743. The molecule has 23 heavy (non-hydrogen) atoms. The first-order chi connectivity index (χ1) is 11.1. The number of hydrogen-bond acceptors (Lipinski definition) is 2. The molecule has 4 bridgehead atoms. The first kappa shape index (κ1) is 15.5. The minimum atomic E-state index is -0.386. The predicted molar refractivity (Wildman–Crippen MR) is 90.4 cm³/mol. The lowest BCUT2D eigenvalue weighted by Crippen LogP contribution is -3.00. The van der Waals surface area contributed by atoms with Crippen molar-refractivity contribution in [2.75, 3.05) is 13.2 Å². The molecule has 0 aromatic heterocycles. The highest BCUT2D eigenvalue weighted by molar-refractivity contribution is 5.27. The van der Waals surface area contributed by atoms with Crippen molar-refractivity contribution in [1.29, 1.82) is 0 Å². The molecular weight excluding hydrogens is 286 g/mol. The molecule has 0 spiro atoms. The van der Waals surface area contributed by atoms with E-state index in [9.17, 15) is 5.11 Å². The Morgan fingerprint density at radius 2 is 1.83 bits per heavy atom. The Bertz CT molecular complexity index is 521. The van der Waals surface area contributed by atoms with E-state index >= 15 is 0 Å². The lowest BCUT2D eigenvalue weighted by atomic mass is 9.53. The van der Waals surface area contributed by atoms with E-state index in [0.717, 1.165) is 30.0 Å². The summed E-state index contributed by atoms with van der Waals surface area (Å²) in [6, 6.07) is 8.04. The molecule has 0 amide bonds. The van der Waals surface area contributed by atoms with Crippen LogP contribution >= 0.6 is 0 Å². The number of rotatable bonds is 6. The summed E-state index contributed by atoms with van der Waals surface area (Å²) >= 11 is 0. The summed E-state index contributed by atoms with van der Waals surface area (Å²) < 4.78 is 5.75. The van der Waals surface area contributed by atoms with Gasteiger partial charge in [-0.15, -0.1) is 0 Å². The zero-order valence-corrected chi connectivity index (χ0v) is 14.2. The van der Waals surface area contributed by atoms with Crippen LogP contribution in [-0.4, -0.2) is 29.9 Å². The van der Waals surface area contributed by atoms with Crippen molar-refractivity contribution in [2.45, 2.75) is 57.1 Å². The van der Waals surface area contributed by atoms with Gasteiger partial charge in [0.25, 0.3) is 0 Å². The van der Waals surface area contributed by atoms with Crippen LogP contribution in [0, 0.1) is 24.7 Å². The van der Waals surface area contributed by atoms with Gasteiger partial charge < -0.3 is 15.2 Å². The molecule has 3 nitrogen and oxygen atoms in total. The molecule has 3 N–H and O–H groups in total. The smallest absolute Gasteiger partial charge is 0.137 e. The second-order valence-corrected chi connectivity index (χ2v) is 8.50. The van der Waals surface area contributed by atoms with Crippen molar-refractivity contribution in [3.8, 4) is 5.75 Å². The van der Waals surface area contributed by atoms with E-state index < -0.39 is 0 Å². The quantitative estimate of drug-likeness (QED) is 0.846. The van der Waals surface area contributed by atoms with Gasteiger partial charge in [0.05, 0.1) is 5.54 Å². The van der Waals surface area contributed by atoms with E-state index in [1.165, 1.54) is 44.1 Å². The fourth-order valence-electron chi connectivity index (χ4n) is 5.78. The highest BCUT2D eigenvalue weighted by atomic mass is 16.5. The number of nitrogens with two attached hydrogens (primary N) is 1. The highest BCUT2D eigenvalue weighted by Gasteiger charge is 2.53. The first-order valence-electron chi connectivity index (χ1n) is 9.32. The normalized spacial score (nSPS) is 36.2. The molecular formula is C20H30NO2+. The zero-order chi connectivity index (χ0) is 15.9. The topological polar surface area (TPSA) is 46.1 Å². The van der Waals surface area contributed by atoms with Crippen LogP contribution in [0.3, 0.4) is 0 Å². The van der Waals surface area contributed by atoms with Gasteiger partial charge in [0.1, 0.15) is 25.0 Å². The molecule has 4 saturated carbocycles. The third kappa shape index (κ3) is 3.41. The van der Waals surface area contributed by atoms with E-state index in [-0.39, 0.29) is 6.10 Å². The largest absolute Gasteiger partial charge is 0.491 e. The third-order valence-corrected chi connectivity index (χ3v) is 6.34. The summed E-state index contributed by atoms with van der Waals surface area (Å²) in [4.78, 5) is 0. The van der Waals surface area contributed by atoms with Crippen LogP contribution in [0.1, 0.15) is 44.1 Å². The Hall–Kier alpha value is -1.06. The summed E-state index contributed by atoms with van der Waals surface area (Å²) in [7, 11) is 0. The molecule has 4 fully saturated rings. The van der Waals surface area contributed by atoms with Crippen molar-refractivity contribution in [3.63, 3.8) is 0 Å². The van der Waals surface area contributed by atoms with Crippen molar-refractivity contribution in [2.24, 2.45) is 17.8 Å². The summed E-state index contributed by atoms with van der Waals surface area (Å²) in [6.07, 6.45) is 8.19. The fourth-order valence-corrected chi connectivity index (χ4v) is 5.78.